The van der Waals surface area contributed by atoms with Gasteiger partial charge in [-0.1, -0.05) is 24.3 Å². The molecule has 0 fully saturated rings. The van der Waals surface area contributed by atoms with E-state index in [1.807, 2.05) is 50.2 Å². The molecule has 0 spiro atoms. The third kappa shape index (κ3) is 5.58. The highest BCUT2D eigenvalue weighted by Gasteiger charge is 2.09. The summed E-state index contributed by atoms with van der Waals surface area (Å²) in [5.74, 6) is 1.65. The van der Waals surface area contributed by atoms with Gasteiger partial charge in [0, 0.05) is 13.2 Å². The van der Waals surface area contributed by atoms with Crippen molar-refractivity contribution in [2.24, 2.45) is 5.73 Å². The highest BCUT2D eigenvalue weighted by Crippen LogP contribution is 2.22. The number of ether oxygens (including phenoxy) is 3. The molecule has 0 bridgehead atoms. The number of methoxy groups -OCH3 is 1. The molecule has 23 heavy (non-hydrogen) atoms. The highest BCUT2D eigenvalue weighted by atomic mass is 16.7. The van der Waals surface area contributed by atoms with Crippen LogP contribution in [0.2, 0.25) is 0 Å². The number of rotatable bonds is 8. The Kier molecular flexibility index (Phi) is 6.44. The fourth-order valence-corrected chi connectivity index (χ4v) is 2.31. The summed E-state index contributed by atoms with van der Waals surface area (Å²) in [6, 6.07) is 15.8. The van der Waals surface area contributed by atoms with Gasteiger partial charge in [0.05, 0.1) is 6.10 Å². The van der Waals surface area contributed by atoms with E-state index in [1.54, 1.807) is 7.11 Å². The molecule has 0 heterocycles. The molecule has 0 aliphatic carbocycles. The normalized spacial score (nSPS) is 12.2. The quantitative estimate of drug-likeness (QED) is 0.755. The van der Waals surface area contributed by atoms with E-state index in [0.29, 0.717) is 0 Å². The van der Waals surface area contributed by atoms with Gasteiger partial charge in [-0.3, -0.25) is 0 Å². The van der Waals surface area contributed by atoms with Crippen molar-refractivity contribution >= 4 is 0 Å². The van der Waals surface area contributed by atoms with Crippen LogP contribution in [-0.4, -0.2) is 20.0 Å². The Morgan fingerprint density at radius 2 is 1.74 bits per heavy atom. The van der Waals surface area contributed by atoms with E-state index in [4.69, 9.17) is 19.9 Å². The van der Waals surface area contributed by atoms with Crippen LogP contribution in [0.4, 0.5) is 0 Å². The Morgan fingerprint density at radius 3 is 2.39 bits per heavy atom. The van der Waals surface area contributed by atoms with Gasteiger partial charge >= 0.3 is 0 Å². The zero-order valence-electron chi connectivity index (χ0n) is 14.0. The van der Waals surface area contributed by atoms with E-state index in [1.165, 1.54) is 5.56 Å². The first-order valence-corrected chi connectivity index (χ1v) is 7.81. The summed E-state index contributed by atoms with van der Waals surface area (Å²) in [6.07, 6.45) is 0.938. The maximum absolute atomic E-state index is 6.33. The molecule has 0 saturated heterocycles. The first kappa shape index (κ1) is 17.3. The Hall–Kier alpha value is -2.04. The van der Waals surface area contributed by atoms with E-state index in [0.717, 1.165) is 23.5 Å². The van der Waals surface area contributed by atoms with Crippen molar-refractivity contribution in [1.29, 1.82) is 0 Å². The molecule has 2 aromatic carbocycles. The lowest BCUT2D eigenvalue weighted by molar-refractivity contribution is 0.0510. The van der Waals surface area contributed by atoms with Gasteiger partial charge in [-0.25, -0.2) is 0 Å². The summed E-state index contributed by atoms with van der Waals surface area (Å²) in [4.78, 5) is 0. The summed E-state index contributed by atoms with van der Waals surface area (Å²) in [5.41, 5.74) is 8.55. The smallest absolute Gasteiger partial charge is 0.188 e. The first-order valence-electron chi connectivity index (χ1n) is 7.81. The largest absolute Gasteiger partial charge is 0.491 e. The van der Waals surface area contributed by atoms with E-state index < -0.39 is 0 Å². The summed E-state index contributed by atoms with van der Waals surface area (Å²) in [6.45, 7) is 4.26. The summed E-state index contributed by atoms with van der Waals surface area (Å²) < 4.78 is 16.0. The van der Waals surface area contributed by atoms with Crippen LogP contribution in [-0.2, 0) is 11.2 Å². The molecule has 1 unspecified atom stereocenters. The molecule has 0 aliphatic heterocycles. The van der Waals surface area contributed by atoms with E-state index in [9.17, 15) is 0 Å². The van der Waals surface area contributed by atoms with Gasteiger partial charge in [0.15, 0.2) is 6.79 Å². The molecule has 2 aromatic rings. The monoisotopic (exact) mass is 315 g/mol. The third-order valence-electron chi connectivity index (χ3n) is 3.38. The molecule has 2 N–H and O–H groups in total. The minimum absolute atomic E-state index is 0.0852. The van der Waals surface area contributed by atoms with Crippen molar-refractivity contribution in [2.75, 3.05) is 13.9 Å². The Labute approximate surface area is 138 Å². The number of nitrogens with two attached hydrogens (primary N) is 1. The fourth-order valence-electron chi connectivity index (χ4n) is 2.31. The summed E-state index contributed by atoms with van der Waals surface area (Å²) in [5, 5.41) is 0. The van der Waals surface area contributed by atoms with Gasteiger partial charge in [-0.15, -0.1) is 0 Å². The molecular weight excluding hydrogens is 290 g/mol. The van der Waals surface area contributed by atoms with Crippen LogP contribution in [0.3, 0.4) is 0 Å². The van der Waals surface area contributed by atoms with Gasteiger partial charge < -0.3 is 19.9 Å². The Balaban J connectivity index is 1.99. The molecule has 4 heteroatoms. The Bertz CT molecular complexity index is 596. The van der Waals surface area contributed by atoms with Crippen LogP contribution >= 0.6 is 0 Å². The maximum atomic E-state index is 6.33. The lowest BCUT2D eigenvalue weighted by Gasteiger charge is -2.15. The predicted octanol–water partition coefficient (Wildman–Crippen LogP) is 3.70. The van der Waals surface area contributed by atoms with Crippen molar-refractivity contribution in [1.82, 2.24) is 0 Å². The molecule has 124 valence electrons. The van der Waals surface area contributed by atoms with Gasteiger partial charge in [-0.2, -0.15) is 0 Å². The van der Waals surface area contributed by atoms with Crippen LogP contribution in [0.25, 0.3) is 0 Å². The number of hydrogen-bond donors (Lipinski definition) is 1. The lowest BCUT2D eigenvalue weighted by Crippen LogP contribution is -2.13. The van der Waals surface area contributed by atoms with Gasteiger partial charge in [-0.05, 0) is 55.7 Å². The van der Waals surface area contributed by atoms with E-state index >= 15 is 0 Å². The Morgan fingerprint density at radius 1 is 1.00 bits per heavy atom. The second kappa shape index (κ2) is 8.56. The van der Waals surface area contributed by atoms with Crippen LogP contribution in [0.1, 0.15) is 31.0 Å². The first-order chi connectivity index (χ1) is 11.1. The number of benzene rings is 2. The van der Waals surface area contributed by atoms with Crippen molar-refractivity contribution in [3.8, 4) is 11.5 Å². The predicted molar refractivity (Wildman–Crippen MR) is 91.8 cm³/mol. The second-order valence-corrected chi connectivity index (χ2v) is 5.74. The van der Waals surface area contributed by atoms with Crippen molar-refractivity contribution in [3.63, 3.8) is 0 Å². The summed E-state index contributed by atoms with van der Waals surface area (Å²) in [7, 11) is 1.60. The summed E-state index contributed by atoms with van der Waals surface area (Å²) >= 11 is 0. The molecule has 0 radical (unpaired) electrons. The molecule has 0 aromatic heterocycles. The third-order valence-corrected chi connectivity index (χ3v) is 3.38. The topological polar surface area (TPSA) is 53.7 Å². The second-order valence-electron chi connectivity index (χ2n) is 5.74. The molecule has 0 amide bonds. The van der Waals surface area contributed by atoms with Crippen molar-refractivity contribution in [3.05, 3.63) is 59.7 Å². The minimum atomic E-state index is -0.0852. The van der Waals surface area contributed by atoms with Crippen LogP contribution in [0.5, 0.6) is 11.5 Å². The van der Waals surface area contributed by atoms with Gasteiger partial charge in [0.1, 0.15) is 11.5 Å². The molecule has 2 rings (SSSR count). The van der Waals surface area contributed by atoms with Crippen LogP contribution in [0.15, 0.2) is 48.5 Å². The van der Waals surface area contributed by atoms with Crippen molar-refractivity contribution < 1.29 is 14.2 Å². The number of hydrogen-bond acceptors (Lipinski definition) is 4. The minimum Gasteiger partial charge on any atom is -0.491 e. The molecule has 1 atom stereocenters. The van der Waals surface area contributed by atoms with E-state index in [2.05, 4.69) is 12.1 Å². The zero-order chi connectivity index (χ0) is 16.7. The standard InChI is InChI=1S/C19H25NO3/c1-14(2)23-17-9-7-15(8-10-17)11-19(20)16-5-4-6-18(12-16)22-13-21-3/h4-10,12,14,19H,11,13,20H2,1-3H3. The van der Waals surface area contributed by atoms with Crippen LogP contribution < -0.4 is 15.2 Å². The highest BCUT2D eigenvalue weighted by molar-refractivity contribution is 5.33. The average molecular weight is 315 g/mol. The van der Waals surface area contributed by atoms with Gasteiger partial charge in [0.2, 0.25) is 0 Å². The molecule has 0 aliphatic rings. The van der Waals surface area contributed by atoms with Crippen molar-refractivity contribution in [2.45, 2.75) is 32.4 Å². The maximum Gasteiger partial charge on any atom is 0.188 e. The molecule has 0 saturated carbocycles. The van der Waals surface area contributed by atoms with Crippen LogP contribution in [0, 0.1) is 0 Å². The SMILES string of the molecule is COCOc1cccc(C(N)Cc2ccc(OC(C)C)cc2)c1. The average Bonchev–Trinajstić information content (AvgIpc) is 2.54. The molecular formula is C19H25NO3. The zero-order valence-corrected chi connectivity index (χ0v) is 14.0. The lowest BCUT2D eigenvalue weighted by atomic mass is 9.99. The molecule has 4 nitrogen and oxygen atoms in total. The van der Waals surface area contributed by atoms with E-state index in [-0.39, 0.29) is 18.9 Å². The van der Waals surface area contributed by atoms with Gasteiger partial charge in [0.25, 0.3) is 0 Å². The fraction of sp³-hybridized carbons (Fsp3) is 0.368.